The van der Waals surface area contributed by atoms with E-state index in [0.29, 0.717) is 15.3 Å². The molecule has 144 valence electrons. The van der Waals surface area contributed by atoms with Crippen LogP contribution in [0.3, 0.4) is 0 Å². The standard InChI is InChI=1S/C22H14F2N2O2S/c1-11-7-17-18(8-12(11)2)26-21(27)20(29-22(26)25-17)10-14-4-6-19(28-14)15-5-3-13(23)9-16(15)24/h3-10H,1-2H3/b20-10-. The monoisotopic (exact) mass is 408 g/mol. The van der Waals surface area contributed by atoms with Crippen LogP contribution in [-0.4, -0.2) is 9.38 Å². The van der Waals surface area contributed by atoms with Crippen molar-refractivity contribution in [2.45, 2.75) is 13.8 Å². The van der Waals surface area contributed by atoms with E-state index in [1.807, 2.05) is 26.0 Å². The van der Waals surface area contributed by atoms with Crippen LogP contribution in [0.2, 0.25) is 0 Å². The van der Waals surface area contributed by atoms with Gasteiger partial charge in [-0.2, -0.15) is 0 Å². The average Bonchev–Trinajstić information content (AvgIpc) is 3.33. The van der Waals surface area contributed by atoms with Gasteiger partial charge in [0.1, 0.15) is 27.7 Å². The van der Waals surface area contributed by atoms with Crippen LogP contribution in [0.1, 0.15) is 16.9 Å². The molecule has 0 unspecified atom stereocenters. The summed E-state index contributed by atoms with van der Waals surface area (Å²) >= 11 is 1.27. The molecule has 29 heavy (non-hydrogen) atoms. The number of rotatable bonds is 2. The van der Waals surface area contributed by atoms with Gasteiger partial charge in [-0.25, -0.2) is 18.2 Å². The molecule has 4 nitrogen and oxygen atoms in total. The Bertz CT molecular complexity index is 1530. The molecule has 0 aliphatic rings. The number of hydrogen-bond donors (Lipinski definition) is 0. The molecule has 0 amide bonds. The molecule has 0 atom stereocenters. The summed E-state index contributed by atoms with van der Waals surface area (Å²) in [6.07, 6.45) is 1.61. The highest BCUT2D eigenvalue weighted by atomic mass is 32.1. The minimum absolute atomic E-state index is 0.159. The van der Waals surface area contributed by atoms with E-state index in [9.17, 15) is 13.6 Å². The van der Waals surface area contributed by atoms with Crippen LogP contribution in [0, 0.1) is 25.5 Å². The molecule has 7 heteroatoms. The van der Waals surface area contributed by atoms with Crippen molar-refractivity contribution in [3.8, 4) is 11.3 Å². The summed E-state index contributed by atoms with van der Waals surface area (Å²) in [6, 6.07) is 10.5. The van der Waals surface area contributed by atoms with Crippen molar-refractivity contribution < 1.29 is 13.2 Å². The van der Waals surface area contributed by atoms with Gasteiger partial charge in [0.25, 0.3) is 5.56 Å². The Morgan fingerprint density at radius 2 is 1.86 bits per heavy atom. The lowest BCUT2D eigenvalue weighted by molar-refractivity contribution is 0.554. The minimum Gasteiger partial charge on any atom is -0.457 e. The first-order valence-corrected chi connectivity index (χ1v) is 9.71. The van der Waals surface area contributed by atoms with Crippen molar-refractivity contribution >= 4 is 33.4 Å². The number of benzene rings is 2. The van der Waals surface area contributed by atoms with Crippen molar-refractivity contribution in [2.75, 3.05) is 0 Å². The van der Waals surface area contributed by atoms with E-state index in [-0.39, 0.29) is 16.9 Å². The molecule has 0 saturated carbocycles. The molecule has 3 aromatic heterocycles. The quantitative estimate of drug-likeness (QED) is 0.429. The number of nitrogens with zero attached hydrogens (tertiary/aromatic N) is 2. The Kier molecular flexibility index (Phi) is 3.89. The van der Waals surface area contributed by atoms with Crippen LogP contribution in [0.4, 0.5) is 8.78 Å². The number of halogens is 2. The van der Waals surface area contributed by atoms with Gasteiger partial charge in [-0.15, -0.1) is 0 Å². The number of imidazole rings is 1. The van der Waals surface area contributed by atoms with Crippen LogP contribution in [0.15, 0.2) is 51.7 Å². The highest BCUT2D eigenvalue weighted by Crippen LogP contribution is 2.26. The van der Waals surface area contributed by atoms with Crippen molar-refractivity contribution in [1.82, 2.24) is 9.38 Å². The van der Waals surface area contributed by atoms with Crippen molar-refractivity contribution in [3.63, 3.8) is 0 Å². The Morgan fingerprint density at radius 3 is 2.66 bits per heavy atom. The van der Waals surface area contributed by atoms with Gasteiger partial charge in [-0.3, -0.25) is 4.79 Å². The van der Waals surface area contributed by atoms with Crippen LogP contribution < -0.4 is 10.1 Å². The predicted molar refractivity (Wildman–Crippen MR) is 109 cm³/mol. The molecule has 0 saturated heterocycles. The van der Waals surface area contributed by atoms with Gasteiger partial charge in [-0.05, 0) is 61.4 Å². The smallest absolute Gasteiger partial charge is 0.275 e. The van der Waals surface area contributed by atoms with Gasteiger partial charge in [0, 0.05) is 12.1 Å². The number of furan rings is 1. The van der Waals surface area contributed by atoms with Crippen LogP contribution >= 0.6 is 11.3 Å². The maximum atomic E-state index is 14.0. The van der Waals surface area contributed by atoms with Crippen LogP contribution in [0.25, 0.3) is 33.4 Å². The van der Waals surface area contributed by atoms with Crippen molar-refractivity contribution in [2.24, 2.45) is 0 Å². The Balaban J connectivity index is 1.63. The predicted octanol–water partition coefficient (Wildman–Crippen LogP) is 4.61. The largest absolute Gasteiger partial charge is 0.457 e. The molecular formula is C22H14F2N2O2S. The third-order valence-electron chi connectivity index (χ3n) is 4.95. The SMILES string of the molecule is Cc1cc2nc3s/c(=C\c4ccc(-c5ccc(F)cc5F)o4)c(=O)n3c2cc1C. The fourth-order valence-corrected chi connectivity index (χ4v) is 4.28. The molecule has 0 aliphatic carbocycles. The second-order valence-corrected chi connectivity index (χ2v) is 7.91. The normalized spacial score (nSPS) is 12.5. The zero-order valence-electron chi connectivity index (χ0n) is 15.5. The molecule has 0 bridgehead atoms. The van der Waals surface area contributed by atoms with Crippen molar-refractivity contribution in [1.29, 1.82) is 0 Å². The van der Waals surface area contributed by atoms with Gasteiger partial charge in [-0.1, -0.05) is 11.3 Å². The summed E-state index contributed by atoms with van der Waals surface area (Å²) in [5, 5.41) is 0. The summed E-state index contributed by atoms with van der Waals surface area (Å²) in [5.41, 5.74) is 3.76. The topological polar surface area (TPSA) is 47.5 Å². The van der Waals surface area contributed by atoms with E-state index in [0.717, 1.165) is 28.2 Å². The second kappa shape index (κ2) is 6.35. The zero-order chi connectivity index (χ0) is 20.3. The van der Waals surface area contributed by atoms with Gasteiger partial charge < -0.3 is 4.42 Å². The molecular weight excluding hydrogens is 394 g/mol. The minimum atomic E-state index is -0.706. The lowest BCUT2D eigenvalue weighted by atomic mass is 10.1. The molecule has 0 radical (unpaired) electrons. The van der Waals surface area contributed by atoms with Crippen LogP contribution in [0.5, 0.6) is 0 Å². The van der Waals surface area contributed by atoms with E-state index in [1.54, 1.807) is 22.6 Å². The van der Waals surface area contributed by atoms with Gasteiger partial charge in [0.15, 0.2) is 4.96 Å². The molecule has 5 rings (SSSR count). The third-order valence-corrected chi connectivity index (χ3v) is 5.92. The lowest BCUT2D eigenvalue weighted by Gasteiger charge is -1.99. The van der Waals surface area contributed by atoms with Gasteiger partial charge in [0.05, 0.1) is 16.6 Å². The van der Waals surface area contributed by atoms with E-state index in [2.05, 4.69) is 4.98 Å². The Morgan fingerprint density at radius 1 is 1.07 bits per heavy atom. The summed E-state index contributed by atoms with van der Waals surface area (Å²) in [7, 11) is 0. The fourth-order valence-electron chi connectivity index (χ4n) is 3.31. The number of hydrogen-bond acceptors (Lipinski definition) is 4. The number of thiazole rings is 1. The number of fused-ring (bicyclic) bond motifs is 3. The van der Waals surface area contributed by atoms with Gasteiger partial charge >= 0.3 is 0 Å². The molecule has 5 aromatic rings. The average molecular weight is 408 g/mol. The molecule has 3 heterocycles. The van der Waals surface area contributed by atoms with Crippen LogP contribution in [-0.2, 0) is 0 Å². The molecule has 0 N–H and O–H groups in total. The highest BCUT2D eigenvalue weighted by molar-refractivity contribution is 7.15. The molecule has 0 spiro atoms. The maximum Gasteiger partial charge on any atom is 0.275 e. The van der Waals surface area contributed by atoms with E-state index >= 15 is 0 Å². The molecule has 0 aliphatic heterocycles. The third kappa shape index (κ3) is 2.86. The first kappa shape index (κ1) is 17.8. The van der Waals surface area contributed by atoms with Gasteiger partial charge in [0.2, 0.25) is 0 Å². The number of aryl methyl sites for hydroxylation is 2. The maximum absolute atomic E-state index is 14.0. The lowest BCUT2D eigenvalue weighted by Crippen LogP contribution is -2.22. The van der Waals surface area contributed by atoms with E-state index in [1.165, 1.54) is 23.5 Å². The van der Waals surface area contributed by atoms with E-state index in [4.69, 9.17) is 4.42 Å². The first-order valence-electron chi connectivity index (χ1n) is 8.90. The summed E-state index contributed by atoms with van der Waals surface area (Å²) in [5.74, 6) is -0.692. The Hall–Kier alpha value is -3.32. The highest BCUT2D eigenvalue weighted by Gasteiger charge is 2.14. The zero-order valence-corrected chi connectivity index (χ0v) is 16.3. The molecule has 2 aromatic carbocycles. The summed E-state index contributed by atoms with van der Waals surface area (Å²) < 4.78 is 34.8. The molecule has 0 fully saturated rings. The Labute approximate surface area is 167 Å². The van der Waals surface area contributed by atoms with E-state index < -0.39 is 11.6 Å². The summed E-state index contributed by atoms with van der Waals surface area (Å²) in [6.45, 7) is 4.01. The fraction of sp³-hybridized carbons (Fsp3) is 0.0909. The first-order chi connectivity index (χ1) is 13.9. The van der Waals surface area contributed by atoms with Crippen molar-refractivity contribution in [3.05, 3.63) is 85.9 Å². The number of aromatic nitrogens is 2. The second-order valence-electron chi connectivity index (χ2n) is 6.90. The summed E-state index contributed by atoms with van der Waals surface area (Å²) in [4.78, 5) is 18.1.